The Morgan fingerprint density at radius 1 is 1.47 bits per heavy atom. The number of aromatic nitrogens is 1. The molecule has 0 aliphatic rings. The van der Waals surface area contributed by atoms with Crippen molar-refractivity contribution in [3.8, 4) is 0 Å². The highest BCUT2D eigenvalue weighted by Gasteiger charge is 2.12. The molecule has 0 saturated heterocycles. The first-order valence-electron chi connectivity index (χ1n) is 4.26. The van der Waals surface area contributed by atoms with Crippen LogP contribution in [0, 0.1) is 6.92 Å². The quantitative estimate of drug-likeness (QED) is 0.609. The van der Waals surface area contributed by atoms with Gasteiger partial charge >= 0.3 is 6.09 Å². The monoisotopic (exact) mass is 213 g/mol. The van der Waals surface area contributed by atoms with Crippen molar-refractivity contribution in [1.82, 2.24) is 15.6 Å². The summed E-state index contributed by atoms with van der Waals surface area (Å²) >= 11 is 0. The van der Waals surface area contributed by atoms with Gasteiger partial charge in [-0.05, 0) is 6.92 Å². The molecule has 82 valence electrons. The van der Waals surface area contributed by atoms with Gasteiger partial charge in [-0.1, -0.05) is 0 Å². The van der Waals surface area contributed by atoms with E-state index in [9.17, 15) is 9.59 Å². The van der Waals surface area contributed by atoms with Crippen LogP contribution in [-0.4, -0.2) is 35.2 Å². The molecule has 0 atom stereocenters. The fourth-order valence-corrected chi connectivity index (χ4v) is 0.953. The highest BCUT2D eigenvalue weighted by Crippen LogP contribution is 2.03. The van der Waals surface area contributed by atoms with Crippen LogP contribution in [0.3, 0.4) is 0 Å². The van der Waals surface area contributed by atoms with Crippen LogP contribution in [0.1, 0.15) is 16.2 Å². The summed E-state index contributed by atoms with van der Waals surface area (Å²) in [6.07, 6.45) is 0.0570. The minimum Gasteiger partial charge on any atom is -0.465 e. The summed E-state index contributed by atoms with van der Waals surface area (Å²) in [5, 5.41) is 12.9. The van der Waals surface area contributed by atoms with Crippen molar-refractivity contribution in [2.45, 2.75) is 6.92 Å². The summed E-state index contributed by atoms with van der Waals surface area (Å²) in [7, 11) is 0. The zero-order valence-corrected chi connectivity index (χ0v) is 8.11. The molecule has 0 aliphatic heterocycles. The number of nitrogens with zero attached hydrogens (tertiary/aromatic N) is 1. The third-order valence-electron chi connectivity index (χ3n) is 1.65. The van der Waals surface area contributed by atoms with Crippen LogP contribution >= 0.6 is 0 Å². The number of amides is 2. The molecule has 1 heterocycles. The van der Waals surface area contributed by atoms with Gasteiger partial charge in [-0.15, -0.1) is 0 Å². The van der Waals surface area contributed by atoms with Crippen LogP contribution in [0.25, 0.3) is 0 Å². The number of hydrogen-bond acceptors (Lipinski definition) is 4. The van der Waals surface area contributed by atoms with E-state index in [2.05, 4.69) is 15.6 Å². The summed E-state index contributed by atoms with van der Waals surface area (Å²) in [6.45, 7) is 1.98. The van der Waals surface area contributed by atoms with Crippen molar-refractivity contribution < 1.29 is 19.1 Å². The number of hydrogen-bond donors (Lipinski definition) is 3. The predicted molar refractivity (Wildman–Crippen MR) is 49.6 cm³/mol. The molecule has 0 aliphatic carbocycles. The number of aryl methyl sites for hydroxylation is 1. The van der Waals surface area contributed by atoms with E-state index in [-0.39, 0.29) is 24.7 Å². The van der Waals surface area contributed by atoms with Gasteiger partial charge < -0.3 is 20.2 Å². The lowest BCUT2D eigenvalue weighted by Crippen LogP contribution is -2.34. The van der Waals surface area contributed by atoms with Crippen molar-refractivity contribution in [3.05, 3.63) is 17.8 Å². The standard InChI is InChI=1S/C8H11N3O4/c1-5-6(11-4-15-5)7(12)9-2-3-10-8(13)14/h4,10H,2-3H2,1H3,(H,9,12)(H,13,14). The van der Waals surface area contributed by atoms with Gasteiger partial charge in [-0.3, -0.25) is 4.79 Å². The van der Waals surface area contributed by atoms with Crippen molar-refractivity contribution in [2.75, 3.05) is 13.1 Å². The van der Waals surface area contributed by atoms with Gasteiger partial charge in [0.05, 0.1) is 0 Å². The van der Waals surface area contributed by atoms with Gasteiger partial charge in [0.25, 0.3) is 5.91 Å². The second kappa shape index (κ2) is 4.99. The fourth-order valence-electron chi connectivity index (χ4n) is 0.953. The molecule has 15 heavy (non-hydrogen) atoms. The molecule has 0 spiro atoms. The molecule has 7 heteroatoms. The Kier molecular flexibility index (Phi) is 3.67. The fraction of sp³-hybridized carbons (Fsp3) is 0.375. The summed E-state index contributed by atoms with van der Waals surface area (Å²) < 4.78 is 4.85. The number of carboxylic acid groups (broad SMARTS) is 1. The predicted octanol–water partition coefficient (Wildman–Crippen LogP) is -0.0196. The maximum absolute atomic E-state index is 11.4. The third kappa shape index (κ3) is 3.29. The maximum Gasteiger partial charge on any atom is 0.404 e. The average Bonchev–Trinajstić information content (AvgIpc) is 2.58. The second-order valence-electron chi connectivity index (χ2n) is 2.74. The molecule has 0 radical (unpaired) electrons. The highest BCUT2D eigenvalue weighted by atomic mass is 16.4. The number of carbonyl (C=O) groups is 2. The van der Waals surface area contributed by atoms with Crippen molar-refractivity contribution >= 4 is 12.0 Å². The number of carbonyl (C=O) groups excluding carboxylic acids is 1. The minimum absolute atomic E-state index is 0.151. The highest BCUT2D eigenvalue weighted by molar-refractivity contribution is 5.93. The Morgan fingerprint density at radius 2 is 2.13 bits per heavy atom. The molecule has 1 rings (SSSR count). The van der Waals surface area contributed by atoms with Crippen molar-refractivity contribution in [1.29, 1.82) is 0 Å². The summed E-state index contributed by atoms with van der Waals surface area (Å²) in [5.74, 6) is 0.0483. The van der Waals surface area contributed by atoms with Gasteiger partial charge in [-0.25, -0.2) is 9.78 Å². The molecule has 0 bridgehead atoms. The Balaban J connectivity index is 2.31. The van der Waals surface area contributed by atoms with E-state index in [1.165, 1.54) is 6.39 Å². The first-order valence-corrected chi connectivity index (χ1v) is 4.26. The Morgan fingerprint density at radius 3 is 2.67 bits per heavy atom. The lowest BCUT2D eigenvalue weighted by molar-refractivity contribution is 0.0947. The van der Waals surface area contributed by atoms with Crippen LogP contribution in [0.5, 0.6) is 0 Å². The normalized spacial score (nSPS) is 9.67. The molecule has 0 saturated carbocycles. The lowest BCUT2D eigenvalue weighted by Gasteiger charge is -2.02. The van der Waals surface area contributed by atoms with Crippen LogP contribution in [0.2, 0.25) is 0 Å². The maximum atomic E-state index is 11.4. The summed E-state index contributed by atoms with van der Waals surface area (Å²) in [5.41, 5.74) is 0.213. The average molecular weight is 213 g/mol. The van der Waals surface area contributed by atoms with Crippen molar-refractivity contribution in [3.63, 3.8) is 0 Å². The molecule has 1 aromatic rings. The van der Waals surface area contributed by atoms with Crippen LogP contribution in [-0.2, 0) is 0 Å². The van der Waals surface area contributed by atoms with Crippen molar-refractivity contribution in [2.24, 2.45) is 0 Å². The van der Waals surface area contributed by atoms with E-state index in [0.717, 1.165) is 0 Å². The van der Waals surface area contributed by atoms with Gasteiger partial charge in [0.1, 0.15) is 5.76 Å². The molecule has 0 aromatic carbocycles. The molecule has 3 N–H and O–H groups in total. The SMILES string of the molecule is Cc1ocnc1C(=O)NCCNC(=O)O. The van der Waals surface area contributed by atoms with E-state index < -0.39 is 6.09 Å². The Hall–Kier alpha value is -2.05. The van der Waals surface area contributed by atoms with Crippen LogP contribution in [0.4, 0.5) is 4.79 Å². The van der Waals surface area contributed by atoms with E-state index in [1.54, 1.807) is 6.92 Å². The smallest absolute Gasteiger partial charge is 0.404 e. The minimum atomic E-state index is -1.12. The molecule has 2 amide bonds. The molecule has 1 aromatic heterocycles. The summed E-state index contributed by atoms with van der Waals surface area (Å²) in [6, 6.07) is 0. The topological polar surface area (TPSA) is 104 Å². The van der Waals surface area contributed by atoms with E-state index in [4.69, 9.17) is 9.52 Å². The molecular formula is C8H11N3O4. The Labute approximate surface area is 85.5 Å². The number of oxazole rings is 1. The first-order chi connectivity index (χ1) is 7.11. The molecule has 0 unspecified atom stereocenters. The Bertz CT molecular complexity index is 361. The van der Waals surface area contributed by atoms with Gasteiger partial charge in [0.2, 0.25) is 0 Å². The first kappa shape index (κ1) is 11.0. The van der Waals surface area contributed by atoms with Gasteiger partial charge in [-0.2, -0.15) is 0 Å². The largest absolute Gasteiger partial charge is 0.465 e. The summed E-state index contributed by atoms with van der Waals surface area (Å²) in [4.78, 5) is 25.2. The van der Waals surface area contributed by atoms with E-state index in [0.29, 0.717) is 5.76 Å². The number of rotatable bonds is 4. The van der Waals surface area contributed by atoms with Gasteiger partial charge in [0.15, 0.2) is 12.1 Å². The molecular weight excluding hydrogens is 202 g/mol. The zero-order valence-electron chi connectivity index (χ0n) is 8.11. The van der Waals surface area contributed by atoms with E-state index >= 15 is 0 Å². The second-order valence-corrected chi connectivity index (χ2v) is 2.74. The third-order valence-corrected chi connectivity index (χ3v) is 1.65. The van der Waals surface area contributed by atoms with Gasteiger partial charge in [0, 0.05) is 13.1 Å². The van der Waals surface area contributed by atoms with Crippen LogP contribution < -0.4 is 10.6 Å². The zero-order chi connectivity index (χ0) is 11.3. The number of nitrogens with one attached hydrogen (secondary N) is 2. The lowest BCUT2D eigenvalue weighted by atomic mass is 10.3. The molecule has 7 nitrogen and oxygen atoms in total. The molecule has 0 fully saturated rings. The van der Waals surface area contributed by atoms with Crippen LogP contribution in [0.15, 0.2) is 10.8 Å². The van der Waals surface area contributed by atoms with E-state index in [1.807, 2.05) is 0 Å².